The molecule has 3 amide bonds. The van der Waals surface area contributed by atoms with Crippen molar-refractivity contribution in [2.24, 2.45) is 0 Å². The third-order valence-corrected chi connectivity index (χ3v) is 10.5. The molecule has 4 aromatic carbocycles. The molecule has 0 radical (unpaired) electrons. The van der Waals surface area contributed by atoms with Crippen molar-refractivity contribution in [3.8, 4) is 0 Å². The number of aliphatic carboxylic acids is 1. The molecule has 4 aromatic rings. The molecule has 0 spiro atoms. The van der Waals surface area contributed by atoms with Crippen molar-refractivity contribution in [3.05, 3.63) is 124 Å². The minimum atomic E-state index is -4.08. The number of para-hydroxylation sites is 1. The number of amides is 3. The van der Waals surface area contributed by atoms with Crippen LogP contribution in [-0.4, -0.2) is 38.0 Å². The number of benzene rings is 4. The molecule has 0 aromatic heterocycles. The van der Waals surface area contributed by atoms with Gasteiger partial charge in [0.1, 0.15) is 4.90 Å². The molecular weight excluding hydrogens is 641 g/mol. The van der Waals surface area contributed by atoms with Gasteiger partial charge < -0.3 is 21.1 Å². The highest BCUT2D eigenvalue weighted by Gasteiger charge is 2.25. The first kappa shape index (κ1) is 35.2. The first-order valence-corrected chi connectivity index (χ1v) is 18.0. The maximum absolute atomic E-state index is 13.7. The molecule has 0 aliphatic heterocycles. The van der Waals surface area contributed by atoms with Crippen LogP contribution in [0.15, 0.2) is 95.9 Å². The van der Waals surface area contributed by atoms with Crippen LogP contribution < -0.4 is 20.7 Å². The molecule has 49 heavy (non-hydrogen) atoms. The Morgan fingerprint density at radius 3 is 2.08 bits per heavy atom. The van der Waals surface area contributed by atoms with Gasteiger partial charge in [-0.2, -0.15) is 0 Å². The summed E-state index contributed by atoms with van der Waals surface area (Å²) in [5.74, 6) is -0.902. The lowest BCUT2D eigenvalue weighted by molar-refractivity contribution is -0.136. The lowest BCUT2D eigenvalue weighted by atomic mass is 9.83. The Morgan fingerprint density at radius 1 is 0.816 bits per heavy atom. The van der Waals surface area contributed by atoms with Gasteiger partial charge in [0.15, 0.2) is 0 Å². The average molecular weight is 683 g/mol. The minimum Gasteiger partial charge on any atom is -0.481 e. The maximum atomic E-state index is 13.7. The quantitative estimate of drug-likeness (QED) is 0.106. The van der Waals surface area contributed by atoms with E-state index in [0.29, 0.717) is 28.3 Å². The van der Waals surface area contributed by atoms with Crippen molar-refractivity contribution in [2.45, 2.75) is 69.2 Å². The number of carbonyl (C=O) groups excluding carboxylic acids is 2. The smallest absolute Gasteiger partial charge is 0.320 e. The Labute approximate surface area is 287 Å². The average Bonchev–Trinajstić information content (AvgIpc) is 3.09. The van der Waals surface area contributed by atoms with Crippen LogP contribution in [0.5, 0.6) is 0 Å². The molecule has 0 bridgehead atoms. The van der Waals surface area contributed by atoms with E-state index in [1.807, 2.05) is 19.1 Å². The van der Waals surface area contributed by atoms with Crippen LogP contribution in [0.25, 0.3) is 0 Å². The molecule has 1 saturated carbocycles. The fourth-order valence-corrected chi connectivity index (χ4v) is 7.73. The highest BCUT2D eigenvalue weighted by atomic mass is 32.2. The third-order valence-electron chi connectivity index (χ3n) is 8.97. The lowest BCUT2D eigenvalue weighted by Gasteiger charge is -2.24. The van der Waals surface area contributed by atoms with Gasteiger partial charge in [0.2, 0.25) is 0 Å². The van der Waals surface area contributed by atoms with Gasteiger partial charge in [0.05, 0.1) is 18.2 Å². The summed E-state index contributed by atoms with van der Waals surface area (Å²) in [7, 11) is -4.08. The number of carboxylic acids is 1. The minimum absolute atomic E-state index is 0.00464. The molecular formula is C38H42N4O6S. The molecule has 11 heteroatoms. The second-order valence-electron chi connectivity index (χ2n) is 12.4. The van der Waals surface area contributed by atoms with Gasteiger partial charge >= 0.3 is 12.0 Å². The zero-order valence-electron chi connectivity index (χ0n) is 27.7. The van der Waals surface area contributed by atoms with E-state index in [9.17, 15) is 22.8 Å². The van der Waals surface area contributed by atoms with Crippen molar-refractivity contribution in [2.75, 3.05) is 16.6 Å². The van der Waals surface area contributed by atoms with Gasteiger partial charge in [-0.25, -0.2) is 13.2 Å². The molecule has 1 atom stereocenters. The zero-order valence-corrected chi connectivity index (χ0v) is 28.5. The van der Waals surface area contributed by atoms with Crippen molar-refractivity contribution >= 4 is 39.3 Å². The highest BCUT2D eigenvalue weighted by Crippen LogP contribution is 2.34. The normalized spacial score (nSPS) is 14.0. The zero-order chi connectivity index (χ0) is 35.0. The van der Waals surface area contributed by atoms with E-state index in [0.717, 1.165) is 24.0 Å². The summed E-state index contributed by atoms with van der Waals surface area (Å²) in [6, 6.07) is 25.6. The first-order chi connectivity index (χ1) is 23.5. The lowest BCUT2D eigenvalue weighted by Crippen LogP contribution is -2.34. The maximum Gasteiger partial charge on any atom is 0.320 e. The van der Waals surface area contributed by atoms with Crippen LogP contribution in [0, 0.1) is 13.8 Å². The molecule has 5 rings (SSSR count). The SMILES string of the molecule is Cc1ccc(NC(=O)NC(c2ccc(C(=O)NCCC(=O)O)cc2)c2ccc(C3CCCCC3)cc2)c(S(=O)(=O)Nc2ccccc2)c1C. The van der Waals surface area contributed by atoms with Crippen LogP contribution in [0.3, 0.4) is 0 Å². The van der Waals surface area contributed by atoms with E-state index in [4.69, 9.17) is 5.11 Å². The first-order valence-electron chi connectivity index (χ1n) is 16.5. The van der Waals surface area contributed by atoms with Gasteiger partial charge in [-0.3, -0.25) is 14.3 Å². The largest absolute Gasteiger partial charge is 0.481 e. The fraction of sp³-hybridized carbons (Fsp3) is 0.289. The fourth-order valence-electron chi connectivity index (χ4n) is 6.20. The van der Waals surface area contributed by atoms with Crippen molar-refractivity contribution in [1.29, 1.82) is 0 Å². The monoisotopic (exact) mass is 682 g/mol. The summed E-state index contributed by atoms with van der Waals surface area (Å²) in [6.07, 6.45) is 5.80. The van der Waals surface area contributed by atoms with E-state index in [2.05, 4.69) is 32.8 Å². The Bertz CT molecular complexity index is 1890. The van der Waals surface area contributed by atoms with Crippen LogP contribution in [-0.2, 0) is 14.8 Å². The Kier molecular flexibility index (Phi) is 11.4. The van der Waals surface area contributed by atoms with E-state index < -0.39 is 34.0 Å². The number of carboxylic acid groups (broad SMARTS) is 1. The van der Waals surface area contributed by atoms with Crippen LogP contribution in [0.2, 0.25) is 0 Å². The Morgan fingerprint density at radius 2 is 1.45 bits per heavy atom. The predicted octanol–water partition coefficient (Wildman–Crippen LogP) is 7.27. The number of hydrogen-bond donors (Lipinski definition) is 5. The molecule has 1 unspecified atom stereocenters. The number of carbonyl (C=O) groups is 3. The molecule has 5 N–H and O–H groups in total. The molecule has 1 fully saturated rings. The van der Waals surface area contributed by atoms with E-state index in [1.54, 1.807) is 73.7 Å². The number of sulfonamides is 1. The predicted molar refractivity (Wildman–Crippen MR) is 190 cm³/mol. The number of rotatable bonds is 12. The van der Waals surface area contributed by atoms with Crippen LogP contribution in [0.4, 0.5) is 16.2 Å². The standard InChI is InChI=1S/C38H42N4O6S/c1-25-13-22-33(36(26(25)2)49(47,48)42-32-11-7-4-8-12-32)40-38(46)41-35(29-16-14-28(15-17-29)27-9-5-3-6-10-27)30-18-20-31(21-19-30)37(45)39-24-23-34(43)44/h4,7-8,11-22,27,35,42H,3,5-6,9-10,23-24H2,1-2H3,(H,39,45)(H,43,44)(H2,40,41,46). The van der Waals surface area contributed by atoms with Gasteiger partial charge in [0, 0.05) is 17.8 Å². The highest BCUT2D eigenvalue weighted by molar-refractivity contribution is 7.93. The van der Waals surface area contributed by atoms with Crippen molar-refractivity contribution in [1.82, 2.24) is 10.6 Å². The molecule has 0 heterocycles. The summed E-state index contributed by atoms with van der Waals surface area (Å²) in [6.45, 7) is 3.52. The second-order valence-corrected chi connectivity index (χ2v) is 14.0. The van der Waals surface area contributed by atoms with E-state index in [1.165, 1.54) is 24.8 Å². The van der Waals surface area contributed by atoms with Gasteiger partial charge in [-0.05, 0) is 90.8 Å². The summed E-state index contributed by atoms with van der Waals surface area (Å²) < 4.78 is 29.9. The van der Waals surface area contributed by atoms with Gasteiger partial charge in [-0.1, -0.05) is 79.9 Å². The molecule has 0 saturated heterocycles. The van der Waals surface area contributed by atoms with Gasteiger partial charge in [-0.15, -0.1) is 0 Å². The molecule has 256 valence electrons. The van der Waals surface area contributed by atoms with E-state index >= 15 is 0 Å². The number of aryl methyl sites for hydroxylation is 1. The number of hydrogen-bond acceptors (Lipinski definition) is 5. The van der Waals surface area contributed by atoms with Crippen LogP contribution >= 0.6 is 0 Å². The summed E-state index contributed by atoms with van der Waals surface area (Å²) >= 11 is 0. The van der Waals surface area contributed by atoms with Gasteiger partial charge in [0.25, 0.3) is 15.9 Å². The number of nitrogens with one attached hydrogen (secondary N) is 4. The summed E-state index contributed by atoms with van der Waals surface area (Å²) in [5.41, 5.74) is 4.90. The van der Waals surface area contributed by atoms with Crippen molar-refractivity contribution in [3.63, 3.8) is 0 Å². The number of urea groups is 1. The Hall–Kier alpha value is -5.16. The van der Waals surface area contributed by atoms with Crippen LogP contribution in [0.1, 0.15) is 88.7 Å². The van der Waals surface area contributed by atoms with E-state index in [-0.39, 0.29) is 23.5 Å². The van der Waals surface area contributed by atoms with Crippen molar-refractivity contribution < 1.29 is 27.9 Å². The Balaban J connectivity index is 1.42. The summed E-state index contributed by atoms with van der Waals surface area (Å²) in [5, 5.41) is 17.3. The summed E-state index contributed by atoms with van der Waals surface area (Å²) in [4.78, 5) is 37.1. The second kappa shape index (κ2) is 15.8. The topological polar surface area (TPSA) is 154 Å². The number of anilines is 2. The molecule has 10 nitrogen and oxygen atoms in total. The molecule has 1 aliphatic rings. The molecule has 1 aliphatic carbocycles. The third kappa shape index (κ3) is 9.05.